The maximum atomic E-state index is 4.63. The van der Waals surface area contributed by atoms with Crippen LogP contribution in [0.4, 0.5) is 0 Å². The highest BCUT2D eigenvalue weighted by molar-refractivity contribution is 5.97. The summed E-state index contributed by atoms with van der Waals surface area (Å²) in [7, 11) is 1.94. The second-order valence-electron chi connectivity index (χ2n) is 8.68. The number of rotatable bonds is 4. The van der Waals surface area contributed by atoms with Gasteiger partial charge in [-0.3, -0.25) is 14.7 Å². The fourth-order valence-corrected chi connectivity index (χ4v) is 4.75. The summed E-state index contributed by atoms with van der Waals surface area (Å²) in [6.45, 7) is 3.47. The molecule has 1 aliphatic rings. The number of hydrogen-bond acceptors (Lipinski definition) is 3. The van der Waals surface area contributed by atoms with Crippen LogP contribution in [0.2, 0.25) is 0 Å². The molecule has 0 atom stereocenters. The molecule has 2 N–H and O–H groups in total. The Balaban J connectivity index is 1.36. The Labute approximate surface area is 180 Å². The predicted molar refractivity (Wildman–Crippen MR) is 125 cm³/mol. The lowest BCUT2D eigenvalue weighted by Crippen LogP contribution is -2.28. The van der Waals surface area contributed by atoms with Gasteiger partial charge in [0.1, 0.15) is 5.69 Å². The summed E-state index contributed by atoms with van der Waals surface area (Å²) in [4.78, 5) is 6.14. The van der Waals surface area contributed by atoms with E-state index in [0.717, 1.165) is 45.5 Å². The van der Waals surface area contributed by atoms with Crippen molar-refractivity contribution in [1.29, 1.82) is 0 Å². The van der Waals surface area contributed by atoms with E-state index in [0.29, 0.717) is 0 Å². The lowest BCUT2D eigenvalue weighted by atomic mass is 10.1. The number of nitrogens with zero attached hydrogens (tertiary/aromatic N) is 4. The van der Waals surface area contributed by atoms with Crippen LogP contribution in [0.15, 0.2) is 54.9 Å². The van der Waals surface area contributed by atoms with Gasteiger partial charge in [-0.1, -0.05) is 18.6 Å². The number of aromatic nitrogens is 5. The van der Waals surface area contributed by atoms with Gasteiger partial charge in [0.2, 0.25) is 0 Å². The molecule has 0 spiro atoms. The molecule has 1 saturated heterocycles. The average Bonchev–Trinajstić information content (AvgIpc) is 3.51. The first kappa shape index (κ1) is 18.4. The molecule has 0 unspecified atom stereocenters. The molecule has 0 aliphatic carbocycles. The second kappa shape index (κ2) is 7.39. The Morgan fingerprint density at radius 1 is 0.935 bits per heavy atom. The van der Waals surface area contributed by atoms with Gasteiger partial charge in [0.05, 0.1) is 17.4 Å². The number of aromatic amines is 2. The van der Waals surface area contributed by atoms with Gasteiger partial charge in [0, 0.05) is 41.6 Å². The predicted octanol–water partition coefficient (Wildman–Crippen LogP) is 5.10. The Morgan fingerprint density at radius 2 is 1.81 bits per heavy atom. The molecule has 0 saturated carbocycles. The SMILES string of the molecule is Cn1cc(-c2ccc3[nH]nc(-c4cc5cc(CN6CCCCC6)ccc5[nH]4)c3c2)cn1. The highest BCUT2D eigenvalue weighted by atomic mass is 15.2. The molecule has 0 amide bonds. The van der Waals surface area contributed by atoms with Crippen LogP contribution >= 0.6 is 0 Å². The molecule has 0 bridgehead atoms. The monoisotopic (exact) mass is 410 g/mol. The van der Waals surface area contributed by atoms with Gasteiger partial charge in [-0.05, 0) is 67.4 Å². The van der Waals surface area contributed by atoms with E-state index < -0.39 is 0 Å². The summed E-state index contributed by atoms with van der Waals surface area (Å²) in [5, 5.41) is 14.5. The number of fused-ring (bicyclic) bond motifs is 2. The molecule has 1 aliphatic heterocycles. The molecular formula is C25H26N6. The minimum Gasteiger partial charge on any atom is -0.353 e. The quantitative estimate of drug-likeness (QED) is 0.433. The molecule has 3 aromatic heterocycles. The van der Waals surface area contributed by atoms with Gasteiger partial charge in [-0.15, -0.1) is 0 Å². The largest absolute Gasteiger partial charge is 0.353 e. The first-order valence-corrected chi connectivity index (χ1v) is 11.0. The van der Waals surface area contributed by atoms with Gasteiger partial charge in [0.25, 0.3) is 0 Å². The molecule has 4 heterocycles. The number of aryl methyl sites for hydroxylation is 1. The van der Waals surface area contributed by atoms with Gasteiger partial charge < -0.3 is 4.98 Å². The zero-order chi connectivity index (χ0) is 20.8. The van der Waals surface area contributed by atoms with Crippen molar-refractivity contribution >= 4 is 21.8 Å². The van der Waals surface area contributed by atoms with Crippen LogP contribution in [-0.2, 0) is 13.6 Å². The Kier molecular flexibility index (Phi) is 4.39. The maximum absolute atomic E-state index is 4.63. The summed E-state index contributed by atoms with van der Waals surface area (Å²) in [6.07, 6.45) is 7.95. The summed E-state index contributed by atoms with van der Waals surface area (Å²) in [5.74, 6) is 0. The summed E-state index contributed by atoms with van der Waals surface area (Å²) < 4.78 is 1.83. The number of H-pyrrole nitrogens is 2. The number of likely N-dealkylation sites (tertiary alicyclic amines) is 1. The minimum atomic E-state index is 0.953. The van der Waals surface area contributed by atoms with Crippen LogP contribution in [0.5, 0.6) is 0 Å². The van der Waals surface area contributed by atoms with Gasteiger partial charge in [0.15, 0.2) is 0 Å². The van der Waals surface area contributed by atoms with Crippen molar-refractivity contribution in [3.05, 3.63) is 60.4 Å². The maximum Gasteiger partial charge on any atom is 0.116 e. The minimum absolute atomic E-state index is 0.953. The van der Waals surface area contributed by atoms with E-state index >= 15 is 0 Å². The van der Waals surface area contributed by atoms with Crippen LogP contribution in [0.25, 0.3) is 44.3 Å². The molecule has 2 aromatic carbocycles. The standard InChI is InChI=1S/C25H26N6/c1-30-16-20(14-26-30)18-6-8-23-21(12-18)25(29-28-23)24-13-19-11-17(5-7-22(19)27-24)15-31-9-3-2-4-10-31/h5-8,11-14,16,27H,2-4,9-10,15H2,1H3,(H,28,29). The van der Waals surface area contributed by atoms with Crippen LogP contribution in [0, 0.1) is 0 Å². The molecule has 156 valence electrons. The highest BCUT2D eigenvalue weighted by Gasteiger charge is 2.14. The number of benzene rings is 2. The first-order chi connectivity index (χ1) is 15.2. The normalized spacial score (nSPS) is 15.3. The van der Waals surface area contributed by atoms with E-state index in [-0.39, 0.29) is 0 Å². The third-order valence-corrected chi connectivity index (χ3v) is 6.40. The number of nitrogens with one attached hydrogen (secondary N) is 2. The van der Waals surface area contributed by atoms with Crippen molar-refractivity contribution in [2.24, 2.45) is 7.05 Å². The fourth-order valence-electron chi connectivity index (χ4n) is 4.75. The van der Waals surface area contributed by atoms with Crippen molar-refractivity contribution in [3.63, 3.8) is 0 Å². The van der Waals surface area contributed by atoms with Crippen LogP contribution in [0.1, 0.15) is 24.8 Å². The van der Waals surface area contributed by atoms with Crippen molar-refractivity contribution in [3.8, 4) is 22.5 Å². The van der Waals surface area contributed by atoms with Crippen LogP contribution in [0.3, 0.4) is 0 Å². The molecule has 6 heteroatoms. The van der Waals surface area contributed by atoms with E-state index in [2.05, 4.69) is 67.6 Å². The molecular weight excluding hydrogens is 384 g/mol. The van der Waals surface area contributed by atoms with E-state index in [4.69, 9.17) is 0 Å². The second-order valence-corrected chi connectivity index (χ2v) is 8.68. The Hall–Kier alpha value is -3.38. The third kappa shape index (κ3) is 3.43. The summed E-state index contributed by atoms with van der Waals surface area (Å²) in [6, 6.07) is 15.4. The van der Waals surface area contributed by atoms with Crippen molar-refractivity contribution < 1.29 is 0 Å². The van der Waals surface area contributed by atoms with Gasteiger partial charge in [-0.2, -0.15) is 10.2 Å². The zero-order valence-electron chi connectivity index (χ0n) is 17.7. The van der Waals surface area contributed by atoms with Crippen LogP contribution < -0.4 is 0 Å². The Bertz CT molecular complexity index is 1370. The summed E-state index contributed by atoms with van der Waals surface area (Å²) in [5.41, 5.74) is 7.81. The number of hydrogen-bond donors (Lipinski definition) is 2. The molecule has 1 fully saturated rings. The lowest BCUT2D eigenvalue weighted by Gasteiger charge is -2.26. The van der Waals surface area contributed by atoms with Gasteiger partial charge in [-0.25, -0.2) is 0 Å². The third-order valence-electron chi connectivity index (χ3n) is 6.40. The Morgan fingerprint density at radius 3 is 2.65 bits per heavy atom. The lowest BCUT2D eigenvalue weighted by molar-refractivity contribution is 0.221. The zero-order valence-corrected chi connectivity index (χ0v) is 17.7. The highest BCUT2D eigenvalue weighted by Crippen LogP contribution is 2.32. The van der Waals surface area contributed by atoms with E-state index in [1.807, 2.05) is 24.1 Å². The first-order valence-electron chi connectivity index (χ1n) is 11.0. The number of piperidine rings is 1. The van der Waals surface area contributed by atoms with E-state index in [9.17, 15) is 0 Å². The molecule has 0 radical (unpaired) electrons. The summed E-state index contributed by atoms with van der Waals surface area (Å²) >= 11 is 0. The van der Waals surface area contributed by atoms with Gasteiger partial charge >= 0.3 is 0 Å². The van der Waals surface area contributed by atoms with Crippen LogP contribution in [-0.4, -0.2) is 43.0 Å². The molecule has 6 nitrogen and oxygen atoms in total. The molecule has 31 heavy (non-hydrogen) atoms. The smallest absolute Gasteiger partial charge is 0.116 e. The van der Waals surface area contributed by atoms with Crippen molar-refractivity contribution in [2.45, 2.75) is 25.8 Å². The van der Waals surface area contributed by atoms with E-state index in [1.165, 1.54) is 43.3 Å². The molecule has 6 rings (SSSR count). The van der Waals surface area contributed by atoms with E-state index in [1.54, 1.807) is 0 Å². The van der Waals surface area contributed by atoms with Crippen molar-refractivity contribution in [2.75, 3.05) is 13.1 Å². The molecule has 5 aromatic rings. The average molecular weight is 411 g/mol. The van der Waals surface area contributed by atoms with Crippen molar-refractivity contribution in [1.82, 2.24) is 29.9 Å². The fraction of sp³-hybridized carbons (Fsp3) is 0.280. The topological polar surface area (TPSA) is 65.5 Å².